The second-order valence-corrected chi connectivity index (χ2v) is 4.92. The zero-order chi connectivity index (χ0) is 12.2. The molecule has 0 N–H and O–H groups in total. The molecule has 0 saturated heterocycles. The van der Waals surface area contributed by atoms with E-state index >= 15 is 0 Å². The summed E-state index contributed by atoms with van der Waals surface area (Å²) in [5.74, 6) is 1.67. The average molecular weight is 238 g/mol. The van der Waals surface area contributed by atoms with Crippen molar-refractivity contribution in [2.24, 2.45) is 0 Å². The first-order valence-electron chi connectivity index (χ1n) is 6.69. The molecule has 92 valence electrons. The molecule has 0 aliphatic carbocycles. The second kappa shape index (κ2) is 5.26. The van der Waals surface area contributed by atoms with Crippen molar-refractivity contribution < 1.29 is 4.74 Å². The molecule has 18 heavy (non-hydrogen) atoms. The van der Waals surface area contributed by atoms with E-state index < -0.39 is 0 Å². The summed E-state index contributed by atoms with van der Waals surface area (Å²) in [6.07, 6.45) is 3.61. The van der Waals surface area contributed by atoms with Gasteiger partial charge in [-0.3, -0.25) is 0 Å². The molecule has 0 spiro atoms. The minimum atomic E-state index is 0.588. The molecule has 1 nitrogen and oxygen atoms in total. The molecule has 1 heterocycles. The second-order valence-electron chi connectivity index (χ2n) is 4.92. The third-order valence-electron chi connectivity index (χ3n) is 3.66. The van der Waals surface area contributed by atoms with Gasteiger partial charge in [0.15, 0.2) is 0 Å². The predicted octanol–water partition coefficient (Wildman–Crippen LogP) is 4.19. The Labute approximate surface area is 108 Å². The summed E-state index contributed by atoms with van der Waals surface area (Å²) in [5, 5.41) is 0. The summed E-state index contributed by atoms with van der Waals surface area (Å²) in [6.45, 7) is 0.855. The highest BCUT2D eigenvalue weighted by atomic mass is 16.5. The van der Waals surface area contributed by atoms with Crippen molar-refractivity contribution in [1.29, 1.82) is 0 Å². The molecule has 3 rings (SSSR count). The maximum Gasteiger partial charge on any atom is 0.122 e. The Morgan fingerprint density at radius 3 is 2.61 bits per heavy atom. The van der Waals surface area contributed by atoms with Crippen molar-refractivity contribution in [3.63, 3.8) is 0 Å². The number of ether oxygens (including phenoxy) is 1. The zero-order valence-electron chi connectivity index (χ0n) is 10.5. The number of para-hydroxylation sites is 1. The van der Waals surface area contributed by atoms with Crippen LogP contribution in [0.25, 0.3) is 0 Å². The normalized spacial score (nSPS) is 17.2. The van der Waals surface area contributed by atoms with Crippen LogP contribution in [0, 0.1) is 0 Å². The highest BCUT2D eigenvalue weighted by Crippen LogP contribution is 2.36. The van der Waals surface area contributed by atoms with Crippen LogP contribution in [-0.4, -0.2) is 6.61 Å². The molecule has 2 aromatic carbocycles. The smallest absolute Gasteiger partial charge is 0.122 e. The number of hydrogen-bond acceptors (Lipinski definition) is 1. The Morgan fingerprint density at radius 2 is 1.72 bits per heavy atom. The molecule has 0 amide bonds. The molecule has 1 aliphatic heterocycles. The molecule has 2 aromatic rings. The van der Waals surface area contributed by atoms with Crippen LogP contribution in [-0.2, 0) is 6.42 Å². The van der Waals surface area contributed by atoms with Gasteiger partial charge in [0.2, 0.25) is 0 Å². The van der Waals surface area contributed by atoms with E-state index in [1.807, 2.05) is 6.07 Å². The van der Waals surface area contributed by atoms with E-state index in [9.17, 15) is 0 Å². The highest BCUT2D eigenvalue weighted by molar-refractivity contribution is 5.39. The van der Waals surface area contributed by atoms with Gasteiger partial charge in [0.05, 0.1) is 6.61 Å². The van der Waals surface area contributed by atoms with Gasteiger partial charge in [-0.1, -0.05) is 48.5 Å². The van der Waals surface area contributed by atoms with Gasteiger partial charge in [-0.15, -0.1) is 0 Å². The number of fused-ring (bicyclic) bond motifs is 1. The summed E-state index contributed by atoms with van der Waals surface area (Å²) in [5.41, 5.74) is 2.83. The van der Waals surface area contributed by atoms with E-state index in [1.54, 1.807) is 0 Å². The van der Waals surface area contributed by atoms with Crippen LogP contribution in [0.5, 0.6) is 5.75 Å². The van der Waals surface area contributed by atoms with Gasteiger partial charge < -0.3 is 4.74 Å². The molecular formula is C17H18O. The standard InChI is InChI=1S/C17H18O/c1-2-7-14(8-3-1)9-6-10-15-13-18-17-12-5-4-11-16(15)17/h1-5,7-8,11-12,15H,6,9-10,13H2. The fraction of sp³-hybridized carbons (Fsp3) is 0.294. The predicted molar refractivity (Wildman–Crippen MR) is 74.1 cm³/mol. The fourth-order valence-electron chi connectivity index (χ4n) is 2.67. The van der Waals surface area contributed by atoms with Crippen molar-refractivity contribution in [2.75, 3.05) is 6.61 Å². The van der Waals surface area contributed by atoms with Crippen LogP contribution in [0.2, 0.25) is 0 Å². The third-order valence-corrected chi connectivity index (χ3v) is 3.66. The molecule has 0 bridgehead atoms. The number of benzene rings is 2. The monoisotopic (exact) mass is 238 g/mol. The molecular weight excluding hydrogens is 220 g/mol. The summed E-state index contributed by atoms with van der Waals surface area (Å²) in [4.78, 5) is 0. The minimum absolute atomic E-state index is 0.588. The van der Waals surface area contributed by atoms with E-state index in [0.29, 0.717) is 5.92 Å². The lowest BCUT2D eigenvalue weighted by atomic mass is 9.94. The average Bonchev–Trinajstić information content (AvgIpc) is 2.84. The van der Waals surface area contributed by atoms with Crippen LogP contribution in [0.15, 0.2) is 54.6 Å². The van der Waals surface area contributed by atoms with E-state index in [0.717, 1.165) is 12.4 Å². The van der Waals surface area contributed by atoms with E-state index in [2.05, 4.69) is 48.5 Å². The van der Waals surface area contributed by atoms with E-state index in [1.165, 1.54) is 30.4 Å². The number of hydrogen-bond donors (Lipinski definition) is 0. The molecule has 1 aliphatic rings. The van der Waals surface area contributed by atoms with Crippen molar-refractivity contribution in [2.45, 2.75) is 25.2 Å². The van der Waals surface area contributed by atoms with Crippen molar-refractivity contribution in [3.8, 4) is 5.75 Å². The first-order chi connectivity index (χ1) is 8.93. The Morgan fingerprint density at radius 1 is 0.944 bits per heavy atom. The molecule has 1 heteroatoms. The largest absolute Gasteiger partial charge is 0.493 e. The Bertz CT molecular complexity index is 504. The molecule has 1 atom stereocenters. The van der Waals surface area contributed by atoms with Crippen molar-refractivity contribution >= 4 is 0 Å². The molecule has 0 radical (unpaired) electrons. The first-order valence-corrected chi connectivity index (χ1v) is 6.69. The molecule has 0 saturated carbocycles. The van der Waals surface area contributed by atoms with Gasteiger partial charge in [-0.2, -0.15) is 0 Å². The number of rotatable bonds is 4. The highest BCUT2D eigenvalue weighted by Gasteiger charge is 2.22. The van der Waals surface area contributed by atoms with Crippen LogP contribution in [0.4, 0.5) is 0 Å². The molecule has 1 unspecified atom stereocenters. The number of aryl methyl sites for hydroxylation is 1. The van der Waals surface area contributed by atoms with Crippen LogP contribution >= 0.6 is 0 Å². The van der Waals surface area contributed by atoms with Crippen LogP contribution < -0.4 is 4.74 Å². The quantitative estimate of drug-likeness (QED) is 0.776. The maximum atomic E-state index is 5.71. The van der Waals surface area contributed by atoms with Gasteiger partial charge in [0.25, 0.3) is 0 Å². The van der Waals surface area contributed by atoms with Crippen LogP contribution in [0.1, 0.15) is 29.9 Å². The van der Waals surface area contributed by atoms with E-state index in [4.69, 9.17) is 4.74 Å². The Balaban J connectivity index is 1.56. The van der Waals surface area contributed by atoms with Gasteiger partial charge >= 0.3 is 0 Å². The lowest BCUT2D eigenvalue weighted by molar-refractivity contribution is 0.323. The zero-order valence-corrected chi connectivity index (χ0v) is 10.5. The van der Waals surface area contributed by atoms with Gasteiger partial charge in [0.1, 0.15) is 5.75 Å². The van der Waals surface area contributed by atoms with Crippen molar-refractivity contribution in [1.82, 2.24) is 0 Å². The Hall–Kier alpha value is -1.76. The topological polar surface area (TPSA) is 9.23 Å². The SMILES string of the molecule is c1ccc(CCCC2COc3ccccc32)cc1. The summed E-state index contributed by atoms with van der Waals surface area (Å²) in [6, 6.07) is 19.2. The lowest BCUT2D eigenvalue weighted by Crippen LogP contribution is -2.01. The Kier molecular flexibility index (Phi) is 3.31. The minimum Gasteiger partial charge on any atom is -0.493 e. The maximum absolute atomic E-state index is 5.71. The third kappa shape index (κ3) is 2.40. The summed E-state index contributed by atoms with van der Waals surface area (Å²) < 4.78 is 5.71. The lowest BCUT2D eigenvalue weighted by Gasteiger charge is -2.08. The van der Waals surface area contributed by atoms with Crippen LogP contribution in [0.3, 0.4) is 0 Å². The molecule has 0 aromatic heterocycles. The van der Waals surface area contributed by atoms with Crippen molar-refractivity contribution in [3.05, 3.63) is 65.7 Å². The molecule has 0 fully saturated rings. The first kappa shape index (κ1) is 11.3. The van der Waals surface area contributed by atoms with Gasteiger partial charge in [-0.25, -0.2) is 0 Å². The fourth-order valence-corrected chi connectivity index (χ4v) is 2.67. The van der Waals surface area contributed by atoms with Gasteiger partial charge in [-0.05, 0) is 30.9 Å². The van der Waals surface area contributed by atoms with E-state index in [-0.39, 0.29) is 0 Å². The van der Waals surface area contributed by atoms with Gasteiger partial charge in [0, 0.05) is 11.5 Å². The summed E-state index contributed by atoms with van der Waals surface area (Å²) >= 11 is 0. The summed E-state index contributed by atoms with van der Waals surface area (Å²) in [7, 11) is 0.